The van der Waals surface area contributed by atoms with Gasteiger partial charge in [0.2, 0.25) is 0 Å². The third-order valence-corrected chi connectivity index (χ3v) is 7.97. The first-order valence-corrected chi connectivity index (χ1v) is 14.0. The van der Waals surface area contributed by atoms with Gasteiger partial charge in [0.05, 0.1) is 17.8 Å². The summed E-state index contributed by atoms with van der Waals surface area (Å²) < 4.78 is 8.43. The third-order valence-electron chi connectivity index (χ3n) is 7.41. The number of nitrogens with one attached hydrogen (secondary N) is 1. The number of hydrogen-bond donors (Lipinski definition) is 1. The van der Waals surface area contributed by atoms with Gasteiger partial charge >= 0.3 is 0 Å². The van der Waals surface area contributed by atoms with E-state index in [1.807, 2.05) is 92.0 Å². The van der Waals surface area contributed by atoms with E-state index in [0.29, 0.717) is 10.1 Å². The molecule has 5 nitrogen and oxygen atoms in total. The number of aryl methyl sites for hydroxylation is 2. The van der Waals surface area contributed by atoms with Gasteiger partial charge in [-0.3, -0.25) is 4.98 Å². The fourth-order valence-corrected chi connectivity index (χ4v) is 5.97. The molecule has 1 saturated heterocycles. The Morgan fingerprint density at radius 1 is 0.850 bits per heavy atom. The molecule has 6 rings (SSSR count). The van der Waals surface area contributed by atoms with Crippen LogP contribution in [0.25, 0.3) is 5.69 Å². The molecule has 0 aliphatic carbocycles. The Morgan fingerprint density at radius 2 is 1.55 bits per heavy atom. The summed E-state index contributed by atoms with van der Waals surface area (Å²) in [6.45, 7) is 6.33. The summed E-state index contributed by atoms with van der Waals surface area (Å²) in [5, 5.41) is 4.94. The predicted molar refractivity (Wildman–Crippen MR) is 166 cm³/mol. The second-order valence-electron chi connectivity index (χ2n) is 10.00. The van der Waals surface area contributed by atoms with Crippen LogP contribution in [0.1, 0.15) is 40.3 Å². The lowest BCUT2D eigenvalue weighted by Gasteiger charge is -2.28. The molecule has 5 aromatic rings. The van der Waals surface area contributed by atoms with Gasteiger partial charge in [0.25, 0.3) is 0 Å². The van der Waals surface area contributed by atoms with Gasteiger partial charge in [0.1, 0.15) is 11.5 Å². The van der Waals surface area contributed by atoms with Crippen molar-refractivity contribution in [2.75, 3.05) is 4.90 Å². The number of hydrogen-bond acceptors (Lipinski definition) is 3. The SMILES string of the molecule is Cc1ccccc1Oc1ccc(N2C(=S)N[C@H](c3ccccn3)[C@@H]2c2cc(C)n(-c3ccc(Cl)cc3)c2C)cc1. The molecule has 200 valence electrons. The van der Waals surface area contributed by atoms with Crippen molar-refractivity contribution in [1.29, 1.82) is 0 Å². The molecule has 0 bridgehead atoms. The second kappa shape index (κ2) is 10.8. The maximum atomic E-state index is 6.19. The molecule has 1 aliphatic heterocycles. The molecule has 0 radical (unpaired) electrons. The van der Waals surface area contributed by atoms with Crippen LogP contribution in [0, 0.1) is 20.8 Å². The zero-order chi connectivity index (χ0) is 27.8. The van der Waals surface area contributed by atoms with E-state index in [4.69, 9.17) is 33.5 Å². The van der Waals surface area contributed by atoms with Crippen molar-refractivity contribution in [2.45, 2.75) is 32.9 Å². The molecule has 1 N–H and O–H groups in total. The highest BCUT2D eigenvalue weighted by molar-refractivity contribution is 7.80. The van der Waals surface area contributed by atoms with E-state index >= 15 is 0 Å². The summed E-state index contributed by atoms with van der Waals surface area (Å²) in [6.07, 6.45) is 1.83. The topological polar surface area (TPSA) is 42.3 Å². The minimum Gasteiger partial charge on any atom is -0.457 e. The van der Waals surface area contributed by atoms with Gasteiger partial charge < -0.3 is 19.5 Å². The minimum absolute atomic E-state index is 0.113. The Bertz CT molecular complexity index is 1670. The first kappa shape index (κ1) is 26.1. The normalized spacial score (nSPS) is 16.7. The molecule has 2 aromatic heterocycles. The van der Waals surface area contributed by atoms with E-state index in [9.17, 15) is 0 Å². The van der Waals surface area contributed by atoms with Gasteiger partial charge in [-0.25, -0.2) is 0 Å². The van der Waals surface area contributed by atoms with Gasteiger partial charge in [-0.2, -0.15) is 0 Å². The molecule has 0 amide bonds. The Morgan fingerprint density at radius 3 is 2.25 bits per heavy atom. The van der Waals surface area contributed by atoms with E-state index in [1.54, 1.807) is 0 Å². The predicted octanol–water partition coefficient (Wildman–Crippen LogP) is 8.42. The number of ether oxygens (including phenoxy) is 1. The maximum Gasteiger partial charge on any atom is 0.174 e. The van der Waals surface area contributed by atoms with Crippen LogP contribution in [-0.2, 0) is 0 Å². The Kier molecular flexibility index (Phi) is 7.05. The summed E-state index contributed by atoms with van der Waals surface area (Å²) in [7, 11) is 0. The molecule has 1 aliphatic rings. The van der Waals surface area contributed by atoms with E-state index < -0.39 is 0 Å². The van der Waals surface area contributed by atoms with E-state index in [2.05, 4.69) is 46.8 Å². The van der Waals surface area contributed by atoms with Crippen LogP contribution in [0.15, 0.2) is 103 Å². The highest BCUT2D eigenvalue weighted by Gasteiger charge is 2.42. The monoisotopic (exact) mass is 564 g/mol. The average molecular weight is 565 g/mol. The maximum absolute atomic E-state index is 6.19. The number of benzene rings is 3. The first-order chi connectivity index (χ1) is 19.4. The van der Waals surface area contributed by atoms with Crippen LogP contribution >= 0.6 is 23.8 Å². The number of aromatic nitrogens is 2. The first-order valence-electron chi connectivity index (χ1n) is 13.2. The highest BCUT2D eigenvalue weighted by atomic mass is 35.5. The molecule has 0 spiro atoms. The Labute approximate surface area is 245 Å². The molecular formula is C33H29ClN4OS. The van der Waals surface area contributed by atoms with Crippen LogP contribution in [0.4, 0.5) is 5.69 Å². The number of anilines is 1. The van der Waals surface area contributed by atoms with Gasteiger partial charge in [-0.15, -0.1) is 0 Å². The van der Waals surface area contributed by atoms with Crippen molar-refractivity contribution < 1.29 is 4.74 Å². The zero-order valence-corrected chi connectivity index (χ0v) is 24.1. The van der Waals surface area contributed by atoms with Crippen molar-refractivity contribution in [3.05, 3.63) is 136 Å². The van der Waals surface area contributed by atoms with Crippen LogP contribution in [0.3, 0.4) is 0 Å². The summed E-state index contributed by atoms with van der Waals surface area (Å²) in [6, 6.07) is 32.1. The molecule has 40 heavy (non-hydrogen) atoms. The third kappa shape index (κ3) is 4.85. The van der Waals surface area contributed by atoms with Gasteiger partial charge in [0, 0.05) is 34.0 Å². The molecule has 3 aromatic carbocycles. The fraction of sp³-hybridized carbons (Fsp3) is 0.152. The van der Waals surface area contributed by atoms with Gasteiger partial charge in [-0.1, -0.05) is 35.9 Å². The van der Waals surface area contributed by atoms with Crippen LogP contribution < -0.4 is 15.0 Å². The second-order valence-corrected chi connectivity index (χ2v) is 10.8. The number of halogens is 1. The summed E-state index contributed by atoms with van der Waals surface area (Å²) >= 11 is 12.1. The standard InChI is InChI=1S/C33H29ClN4OS/c1-21-8-4-5-10-30(21)39-27-17-15-26(16-18-27)38-32(31(36-33(38)40)29-9-6-7-19-35-29)28-20-22(2)37(23(28)3)25-13-11-24(34)12-14-25/h4-20,31-32H,1-3H3,(H,36,40)/t31-,32+/m1/s1. The lowest BCUT2D eigenvalue weighted by Crippen LogP contribution is -2.29. The number of pyridine rings is 1. The molecule has 2 atom stereocenters. The summed E-state index contributed by atoms with van der Waals surface area (Å²) in [5.41, 5.74) is 7.53. The van der Waals surface area contributed by atoms with E-state index in [0.717, 1.165) is 45.5 Å². The molecule has 0 saturated carbocycles. The van der Waals surface area contributed by atoms with Crippen LogP contribution in [-0.4, -0.2) is 14.7 Å². The van der Waals surface area contributed by atoms with Crippen LogP contribution in [0.5, 0.6) is 11.5 Å². The molecule has 1 fully saturated rings. The number of thiocarbonyl (C=S) groups is 1. The van der Waals surface area contributed by atoms with E-state index in [-0.39, 0.29) is 12.1 Å². The largest absolute Gasteiger partial charge is 0.457 e. The average Bonchev–Trinajstić information content (AvgIpc) is 3.46. The van der Waals surface area contributed by atoms with Crippen molar-refractivity contribution in [1.82, 2.24) is 14.9 Å². The summed E-state index contributed by atoms with van der Waals surface area (Å²) in [5.74, 6) is 1.62. The van der Waals surface area contributed by atoms with Crippen molar-refractivity contribution in [2.24, 2.45) is 0 Å². The smallest absolute Gasteiger partial charge is 0.174 e. The van der Waals surface area contributed by atoms with Crippen LogP contribution in [0.2, 0.25) is 5.02 Å². The number of rotatable bonds is 6. The number of para-hydroxylation sites is 1. The fourth-order valence-electron chi connectivity index (χ4n) is 5.50. The molecule has 7 heteroatoms. The lowest BCUT2D eigenvalue weighted by atomic mass is 9.96. The van der Waals surface area contributed by atoms with E-state index in [1.165, 1.54) is 5.56 Å². The molecule has 3 heterocycles. The minimum atomic E-state index is -0.129. The highest BCUT2D eigenvalue weighted by Crippen LogP contribution is 2.44. The zero-order valence-electron chi connectivity index (χ0n) is 22.5. The molecule has 0 unspecified atom stereocenters. The summed E-state index contributed by atoms with van der Waals surface area (Å²) in [4.78, 5) is 6.90. The van der Waals surface area contributed by atoms with Crippen molar-refractivity contribution >= 4 is 34.6 Å². The van der Waals surface area contributed by atoms with Gasteiger partial charge in [-0.05, 0) is 117 Å². The molecular weight excluding hydrogens is 536 g/mol. The lowest BCUT2D eigenvalue weighted by molar-refractivity contribution is 0.479. The Hall–Kier alpha value is -4.13. The Balaban J connectivity index is 1.41. The van der Waals surface area contributed by atoms with Crippen molar-refractivity contribution in [3.63, 3.8) is 0 Å². The number of nitrogens with zero attached hydrogens (tertiary/aromatic N) is 3. The quantitative estimate of drug-likeness (QED) is 0.210. The van der Waals surface area contributed by atoms with Gasteiger partial charge in [0.15, 0.2) is 5.11 Å². The van der Waals surface area contributed by atoms with Crippen molar-refractivity contribution in [3.8, 4) is 17.2 Å².